The number of nitro groups is 1. The zero-order valence-electron chi connectivity index (χ0n) is 3.16. The molecule has 1 unspecified atom stereocenters. The van der Waals surface area contributed by atoms with Crippen molar-refractivity contribution in [3.63, 3.8) is 0 Å². The van der Waals surface area contributed by atoms with Crippen molar-refractivity contribution in [2.24, 2.45) is 5.14 Å². The number of nitrogens with one attached hydrogen (secondary N) is 1. The Morgan fingerprint density at radius 1 is 1.86 bits per heavy atom. The summed E-state index contributed by atoms with van der Waals surface area (Å²) in [6, 6.07) is 0. The standard InChI is InChI=1S/H3N3O3S/c1-7(2,6)3(4)5/h(H3,1,2,6). The molecule has 0 amide bonds. The third-order valence-corrected chi connectivity index (χ3v) is 0.664. The molecule has 0 aromatic carbocycles. The van der Waals surface area contributed by atoms with Crippen LogP contribution in [-0.2, 0) is 10.1 Å². The van der Waals surface area contributed by atoms with Gasteiger partial charge in [0.1, 0.15) is 4.33 Å². The molecule has 0 saturated heterocycles. The van der Waals surface area contributed by atoms with Crippen molar-refractivity contribution in [3.8, 4) is 0 Å². The molecule has 0 fully saturated rings. The minimum Gasteiger partial charge on any atom is -0.247 e. The van der Waals surface area contributed by atoms with E-state index in [9.17, 15) is 14.3 Å². The van der Waals surface area contributed by atoms with Gasteiger partial charge in [-0.2, -0.15) is 14.1 Å². The zero-order chi connectivity index (χ0) is 6.08. The molecule has 7 heavy (non-hydrogen) atoms. The van der Waals surface area contributed by atoms with E-state index in [-0.39, 0.29) is 0 Å². The molecule has 6 nitrogen and oxygen atoms in total. The molecule has 0 bridgehead atoms. The summed E-state index contributed by atoms with van der Waals surface area (Å²) in [7, 11) is -4.02. The summed E-state index contributed by atoms with van der Waals surface area (Å²) in [5.41, 5.74) is 0. The molecule has 0 radical (unpaired) electrons. The first-order chi connectivity index (χ1) is 2.94. The van der Waals surface area contributed by atoms with Crippen molar-refractivity contribution in [1.82, 2.24) is 0 Å². The number of nitrogens with zero attached hydrogens (tertiary/aromatic N) is 1. The largest absolute Gasteiger partial charge is 0.385 e. The Morgan fingerprint density at radius 3 is 2.00 bits per heavy atom. The summed E-state index contributed by atoms with van der Waals surface area (Å²) in [6.07, 6.45) is 0. The summed E-state index contributed by atoms with van der Waals surface area (Å²) in [4.78, 5) is 9.24. The molecule has 1 atom stereocenters. The fourth-order valence-electron chi connectivity index (χ4n) is 0. The average molecular weight is 125 g/mol. The quantitative estimate of drug-likeness (QED) is 0.350. The Morgan fingerprint density at radius 2 is 2.00 bits per heavy atom. The molecule has 0 aliphatic heterocycles. The predicted molar refractivity (Wildman–Crippen MR) is 22.0 cm³/mol. The lowest BCUT2D eigenvalue weighted by Crippen LogP contribution is -2.19. The zero-order valence-corrected chi connectivity index (χ0v) is 3.97. The highest BCUT2D eigenvalue weighted by Gasteiger charge is 2.07. The van der Waals surface area contributed by atoms with E-state index in [0.29, 0.717) is 0 Å². The van der Waals surface area contributed by atoms with Crippen molar-refractivity contribution < 1.29 is 8.54 Å². The Balaban J connectivity index is 4.43. The Kier molecular flexibility index (Phi) is 1.29. The number of rotatable bonds is 1. The summed E-state index contributed by atoms with van der Waals surface area (Å²) in [5.74, 6) is 0. The fourth-order valence-corrected chi connectivity index (χ4v) is 0. The second-order valence-corrected chi connectivity index (χ2v) is 2.23. The first-order valence-electron chi connectivity index (χ1n) is 1.15. The van der Waals surface area contributed by atoms with Crippen LogP contribution in [0.4, 0.5) is 0 Å². The van der Waals surface area contributed by atoms with Gasteiger partial charge in [-0.15, -0.1) is 0 Å². The van der Waals surface area contributed by atoms with Crippen molar-refractivity contribution in [2.75, 3.05) is 0 Å². The molecule has 0 saturated carbocycles. The second-order valence-electron chi connectivity index (χ2n) is 0.792. The molecule has 0 aromatic heterocycles. The van der Waals surface area contributed by atoms with Crippen molar-refractivity contribution in [2.45, 2.75) is 0 Å². The van der Waals surface area contributed by atoms with E-state index in [1.807, 2.05) is 0 Å². The SMILES string of the molecule is N=S(N)(=O)[N+](=O)[O-]. The lowest BCUT2D eigenvalue weighted by atomic mass is 13.4. The predicted octanol–water partition coefficient (Wildman–Crippen LogP) is -0.901. The van der Waals surface area contributed by atoms with Gasteiger partial charge >= 0.3 is 10.1 Å². The van der Waals surface area contributed by atoms with Crippen LogP contribution in [0.2, 0.25) is 0 Å². The average Bonchev–Trinajstić information content (AvgIpc) is 1.31. The van der Waals surface area contributed by atoms with Crippen LogP contribution in [-0.4, -0.2) is 8.54 Å². The van der Waals surface area contributed by atoms with Gasteiger partial charge in [0.05, 0.1) is 0 Å². The van der Waals surface area contributed by atoms with Gasteiger partial charge in [0.2, 0.25) is 0 Å². The van der Waals surface area contributed by atoms with Crippen molar-refractivity contribution in [3.05, 3.63) is 10.1 Å². The molecular weight excluding hydrogens is 122 g/mol. The highest BCUT2D eigenvalue weighted by atomic mass is 32.2. The summed E-state index contributed by atoms with van der Waals surface area (Å²) in [5, 5.41) is 13.4. The van der Waals surface area contributed by atoms with Crippen LogP contribution in [0.1, 0.15) is 0 Å². The van der Waals surface area contributed by atoms with E-state index >= 15 is 0 Å². The molecule has 0 aliphatic carbocycles. The molecule has 3 N–H and O–H groups in total. The van der Waals surface area contributed by atoms with Gasteiger partial charge in [0.25, 0.3) is 0 Å². The maximum absolute atomic E-state index is 9.63. The molecule has 7 heteroatoms. The number of nitrogens with two attached hydrogens (primary N) is 1. The molecule has 0 spiro atoms. The summed E-state index contributed by atoms with van der Waals surface area (Å²) in [6.45, 7) is 0. The van der Waals surface area contributed by atoms with Crippen LogP contribution in [0.15, 0.2) is 0 Å². The van der Waals surface area contributed by atoms with Gasteiger partial charge in [-0.05, 0) is 0 Å². The van der Waals surface area contributed by atoms with Gasteiger partial charge in [0.15, 0.2) is 0 Å². The molecule has 0 aromatic rings. The number of hydrogen-bond donors (Lipinski definition) is 2. The topological polar surface area (TPSA) is 110 Å². The van der Waals surface area contributed by atoms with Gasteiger partial charge in [0, 0.05) is 0 Å². The highest BCUT2D eigenvalue weighted by Crippen LogP contribution is 1.74. The van der Waals surface area contributed by atoms with Gasteiger partial charge in [-0.3, -0.25) is 0 Å². The first kappa shape index (κ1) is 6.31. The molecule has 0 rings (SSSR count). The molecule has 0 aliphatic rings. The van der Waals surface area contributed by atoms with Crippen LogP contribution in [0.3, 0.4) is 0 Å². The van der Waals surface area contributed by atoms with Crippen molar-refractivity contribution in [1.29, 1.82) is 4.78 Å². The lowest BCUT2D eigenvalue weighted by Gasteiger charge is -1.82. The Bertz CT molecular complexity index is 165. The minimum absolute atomic E-state index is 1.34. The second kappa shape index (κ2) is 1.43. The molecule has 42 valence electrons. The van der Waals surface area contributed by atoms with E-state index in [4.69, 9.17) is 4.78 Å². The van der Waals surface area contributed by atoms with Crippen LogP contribution >= 0.6 is 0 Å². The Hall–Kier alpha value is -0.690. The van der Waals surface area contributed by atoms with E-state index < -0.39 is 14.4 Å². The third kappa shape index (κ3) is 2.06. The van der Waals surface area contributed by atoms with E-state index in [2.05, 4.69) is 5.14 Å². The van der Waals surface area contributed by atoms with Crippen molar-refractivity contribution >= 4 is 10.1 Å². The summed E-state index contributed by atoms with van der Waals surface area (Å²) < 4.78 is 14.3. The Labute approximate surface area is 39.7 Å². The van der Waals surface area contributed by atoms with E-state index in [1.165, 1.54) is 0 Å². The van der Waals surface area contributed by atoms with Crippen LogP contribution in [0.25, 0.3) is 0 Å². The maximum atomic E-state index is 9.63. The van der Waals surface area contributed by atoms with Crippen LogP contribution in [0.5, 0.6) is 0 Å². The normalized spacial score (nSPS) is 17.9. The highest BCUT2D eigenvalue weighted by molar-refractivity contribution is 7.84. The van der Waals surface area contributed by atoms with Gasteiger partial charge < -0.3 is 0 Å². The third-order valence-electron chi connectivity index (χ3n) is 0.221. The number of hydrogen-bond acceptors (Lipinski definition) is 4. The van der Waals surface area contributed by atoms with E-state index in [1.54, 1.807) is 0 Å². The molecule has 0 heterocycles. The monoisotopic (exact) mass is 125 g/mol. The maximum Gasteiger partial charge on any atom is 0.385 e. The van der Waals surface area contributed by atoms with Gasteiger partial charge in [-0.1, -0.05) is 0 Å². The van der Waals surface area contributed by atoms with Gasteiger partial charge in [-0.25, -0.2) is 10.1 Å². The lowest BCUT2D eigenvalue weighted by molar-refractivity contribution is -0.300. The summed E-state index contributed by atoms with van der Waals surface area (Å²) >= 11 is 0. The fraction of sp³-hybridized carbons (Fsp3) is 0. The minimum atomic E-state index is -4.02. The molecular formula is H3N3O3S. The van der Waals surface area contributed by atoms with Crippen LogP contribution in [0, 0.1) is 14.9 Å². The van der Waals surface area contributed by atoms with E-state index in [0.717, 1.165) is 0 Å². The first-order valence-corrected chi connectivity index (χ1v) is 2.73. The smallest absolute Gasteiger partial charge is 0.247 e. The van der Waals surface area contributed by atoms with Crippen LogP contribution < -0.4 is 5.14 Å².